The van der Waals surface area contributed by atoms with Crippen molar-refractivity contribution in [2.45, 2.75) is 110 Å². The number of nitrogens with zero attached hydrogens (tertiary/aromatic N) is 2. The fourth-order valence-electron chi connectivity index (χ4n) is 5.79. The van der Waals surface area contributed by atoms with Gasteiger partial charge in [-0.3, -0.25) is 9.98 Å². The summed E-state index contributed by atoms with van der Waals surface area (Å²) in [6.45, 7) is 7.21. The molecule has 0 unspecified atom stereocenters. The predicted octanol–water partition coefficient (Wildman–Crippen LogP) is 13.3. The number of aliphatic imine (C=N–C) groups is 2. The molecule has 0 fully saturated rings. The maximum Gasteiger partial charge on any atom is 0.119 e. The zero-order valence-electron chi connectivity index (χ0n) is 32.4. The maximum absolute atomic E-state index is 5.92. The van der Waals surface area contributed by atoms with Crippen LogP contribution in [0.5, 0.6) is 23.0 Å². The molecule has 0 aromatic heterocycles. The van der Waals surface area contributed by atoms with Gasteiger partial charge in [-0.2, -0.15) is 0 Å². The van der Waals surface area contributed by atoms with Gasteiger partial charge in [0.05, 0.1) is 37.8 Å². The summed E-state index contributed by atoms with van der Waals surface area (Å²) in [6, 6.07) is 31.9. The second-order valence-electron chi connectivity index (χ2n) is 13.6. The van der Waals surface area contributed by atoms with E-state index in [1.54, 1.807) is 0 Å². The topological polar surface area (TPSA) is 61.6 Å². The van der Waals surface area contributed by atoms with Gasteiger partial charge in [-0.05, 0) is 121 Å². The Balaban J connectivity index is 1.05. The van der Waals surface area contributed by atoms with Crippen molar-refractivity contribution in [3.8, 4) is 23.0 Å². The van der Waals surface area contributed by atoms with E-state index in [1.807, 2.05) is 109 Å². The number of rotatable bonds is 28. The van der Waals surface area contributed by atoms with E-state index in [9.17, 15) is 0 Å². The lowest BCUT2D eigenvalue weighted by Crippen LogP contribution is -2.05. The third kappa shape index (κ3) is 18.1. The quantitative estimate of drug-likeness (QED) is 0.0433. The smallest absolute Gasteiger partial charge is 0.119 e. The number of unbranched alkanes of at least 4 members (excludes halogenated alkanes) is 12. The molecule has 284 valence electrons. The molecule has 0 heterocycles. The zero-order valence-corrected chi connectivity index (χ0v) is 32.4. The van der Waals surface area contributed by atoms with Crippen molar-refractivity contribution in [1.29, 1.82) is 0 Å². The van der Waals surface area contributed by atoms with Crippen molar-refractivity contribution in [3.05, 3.63) is 108 Å². The summed E-state index contributed by atoms with van der Waals surface area (Å²) in [5, 5.41) is 0. The van der Waals surface area contributed by atoms with E-state index in [0.29, 0.717) is 13.2 Å². The third-order valence-corrected chi connectivity index (χ3v) is 9.02. The standard InChI is InChI=1S/C47H62N2O4/c1-3-5-7-9-11-13-15-34-50-46-30-22-42(23-31-46)48-38-40-18-26-44(27-19-40)52-36-17-37-53-45-28-20-41(21-29-45)39-49-43-24-32-47(33-25-43)51-35-16-14-12-10-8-6-4-2/h18-33,38-39H,3-17,34-37H2,1-2H3. The lowest BCUT2D eigenvalue weighted by Gasteiger charge is -2.08. The van der Waals surface area contributed by atoms with Gasteiger partial charge in [0, 0.05) is 18.9 Å². The van der Waals surface area contributed by atoms with Crippen LogP contribution in [0, 0.1) is 0 Å². The molecule has 6 heteroatoms. The van der Waals surface area contributed by atoms with E-state index in [0.717, 1.165) is 78.0 Å². The van der Waals surface area contributed by atoms with Crippen LogP contribution in [0.4, 0.5) is 11.4 Å². The number of hydrogen-bond acceptors (Lipinski definition) is 6. The minimum Gasteiger partial charge on any atom is -0.494 e. The van der Waals surface area contributed by atoms with Gasteiger partial charge in [0.1, 0.15) is 23.0 Å². The van der Waals surface area contributed by atoms with Crippen LogP contribution < -0.4 is 18.9 Å². The highest BCUT2D eigenvalue weighted by atomic mass is 16.5. The zero-order chi connectivity index (χ0) is 37.0. The Bertz CT molecular complexity index is 1430. The first kappa shape index (κ1) is 41.2. The Kier molecular flexibility index (Phi) is 20.4. The summed E-state index contributed by atoms with van der Waals surface area (Å²) in [5.41, 5.74) is 3.84. The second-order valence-corrected chi connectivity index (χ2v) is 13.6. The highest BCUT2D eigenvalue weighted by Gasteiger charge is 2.00. The Labute approximate surface area is 319 Å². The molecule has 6 nitrogen and oxygen atoms in total. The van der Waals surface area contributed by atoms with E-state index in [-0.39, 0.29) is 0 Å². The summed E-state index contributed by atoms with van der Waals surface area (Å²) in [6.07, 6.45) is 22.5. The number of ether oxygens (including phenoxy) is 4. The van der Waals surface area contributed by atoms with E-state index in [4.69, 9.17) is 18.9 Å². The molecular formula is C47H62N2O4. The summed E-state index contributed by atoms with van der Waals surface area (Å²) < 4.78 is 23.6. The lowest BCUT2D eigenvalue weighted by atomic mass is 10.1. The van der Waals surface area contributed by atoms with Crippen LogP contribution in [-0.2, 0) is 0 Å². The van der Waals surface area contributed by atoms with Crippen molar-refractivity contribution >= 4 is 23.8 Å². The molecule has 4 aromatic rings. The van der Waals surface area contributed by atoms with Crippen LogP contribution >= 0.6 is 0 Å². The van der Waals surface area contributed by atoms with Crippen molar-refractivity contribution in [3.63, 3.8) is 0 Å². The van der Waals surface area contributed by atoms with Crippen LogP contribution in [0.15, 0.2) is 107 Å². The molecule has 4 rings (SSSR count). The average Bonchev–Trinajstić information content (AvgIpc) is 3.20. The van der Waals surface area contributed by atoms with Gasteiger partial charge in [0.2, 0.25) is 0 Å². The molecule has 0 aliphatic heterocycles. The molecule has 0 saturated heterocycles. The molecule has 0 N–H and O–H groups in total. The van der Waals surface area contributed by atoms with Gasteiger partial charge < -0.3 is 18.9 Å². The maximum atomic E-state index is 5.92. The van der Waals surface area contributed by atoms with Crippen molar-refractivity contribution in [1.82, 2.24) is 0 Å². The molecular weight excluding hydrogens is 657 g/mol. The minimum absolute atomic E-state index is 0.578. The highest BCUT2D eigenvalue weighted by molar-refractivity contribution is 5.82. The molecule has 0 spiro atoms. The van der Waals surface area contributed by atoms with Crippen molar-refractivity contribution in [2.75, 3.05) is 26.4 Å². The van der Waals surface area contributed by atoms with Crippen LogP contribution in [0.25, 0.3) is 0 Å². The van der Waals surface area contributed by atoms with Crippen molar-refractivity contribution in [2.24, 2.45) is 9.98 Å². The highest BCUT2D eigenvalue weighted by Crippen LogP contribution is 2.21. The molecule has 0 atom stereocenters. The van der Waals surface area contributed by atoms with E-state index in [2.05, 4.69) is 23.8 Å². The normalized spacial score (nSPS) is 11.4. The van der Waals surface area contributed by atoms with Gasteiger partial charge in [-0.25, -0.2) is 0 Å². The van der Waals surface area contributed by atoms with Crippen LogP contribution in [0.3, 0.4) is 0 Å². The predicted molar refractivity (Wildman–Crippen MR) is 223 cm³/mol. The van der Waals surface area contributed by atoms with E-state index < -0.39 is 0 Å². The molecule has 0 radical (unpaired) electrons. The van der Waals surface area contributed by atoms with E-state index in [1.165, 1.54) is 77.0 Å². The summed E-state index contributed by atoms with van der Waals surface area (Å²) in [7, 11) is 0. The largest absolute Gasteiger partial charge is 0.494 e. The first-order valence-corrected chi connectivity index (χ1v) is 20.2. The van der Waals surface area contributed by atoms with E-state index >= 15 is 0 Å². The lowest BCUT2D eigenvalue weighted by molar-refractivity contribution is 0.247. The fourth-order valence-corrected chi connectivity index (χ4v) is 5.79. The molecule has 0 amide bonds. The summed E-state index contributed by atoms with van der Waals surface area (Å²) in [5.74, 6) is 3.47. The monoisotopic (exact) mass is 718 g/mol. The van der Waals surface area contributed by atoms with Gasteiger partial charge in [-0.15, -0.1) is 0 Å². The van der Waals surface area contributed by atoms with Crippen LogP contribution in [0.2, 0.25) is 0 Å². The van der Waals surface area contributed by atoms with Gasteiger partial charge in [-0.1, -0.05) is 90.9 Å². The molecule has 0 bridgehead atoms. The Morgan fingerprint density at radius 2 is 0.623 bits per heavy atom. The number of hydrogen-bond donors (Lipinski definition) is 0. The second kappa shape index (κ2) is 26.2. The first-order valence-electron chi connectivity index (χ1n) is 20.2. The molecule has 4 aromatic carbocycles. The number of benzene rings is 4. The van der Waals surface area contributed by atoms with Gasteiger partial charge in [0.25, 0.3) is 0 Å². The summed E-state index contributed by atoms with van der Waals surface area (Å²) in [4.78, 5) is 9.22. The minimum atomic E-state index is 0.578. The molecule has 0 aliphatic carbocycles. The molecule has 0 aliphatic rings. The third-order valence-electron chi connectivity index (χ3n) is 9.02. The van der Waals surface area contributed by atoms with Crippen molar-refractivity contribution < 1.29 is 18.9 Å². The van der Waals surface area contributed by atoms with Gasteiger partial charge >= 0.3 is 0 Å². The average molecular weight is 719 g/mol. The molecule has 53 heavy (non-hydrogen) atoms. The summed E-state index contributed by atoms with van der Waals surface area (Å²) >= 11 is 0. The molecule has 0 saturated carbocycles. The Morgan fingerprint density at radius 1 is 0.340 bits per heavy atom. The Morgan fingerprint density at radius 3 is 0.962 bits per heavy atom. The SMILES string of the molecule is CCCCCCCCCOc1ccc(N=Cc2ccc(OCCCOc3ccc(C=Nc4ccc(OCCCCCCCCC)cc4)cc3)cc2)cc1. The first-order chi connectivity index (χ1) is 26.2. The fraction of sp³-hybridized carbons (Fsp3) is 0.447. The van der Waals surface area contributed by atoms with Crippen LogP contribution in [0.1, 0.15) is 121 Å². The Hall–Kier alpha value is -4.58. The van der Waals surface area contributed by atoms with Gasteiger partial charge in [0.15, 0.2) is 0 Å². The van der Waals surface area contributed by atoms with Crippen LogP contribution in [-0.4, -0.2) is 38.9 Å².